The molecule has 18 heavy (non-hydrogen) atoms. The summed E-state index contributed by atoms with van der Waals surface area (Å²) in [6.07, 6.45) is 3.61. The molecule has 0 spiro atoms. The molecular formula is C12H16ClN3OS. The number of anilines is 1. The van der Waals surface area contributed by atoms with Gasteiger partial charge in [-0.3, -0.25) is 4.79 Å². The zero-order chi connectivity index (χ0) is 13.0. The molecule has 0 aliphatic carbocycles. The van der Waals surface area contributed by atoms with Crippen molar-refractivity contribution in [1.29, 1.82) is 0 Å². The lowest BCUT2D eigenvalue weighted by Gasteiger charge is -2.22. The second-order valence-electron chi connectivity index (χ2n) is 4.16. The largest absolute Gasteiger partial charge is 0.372 e. The first-order valence-electron chi connectivity index (χ1n) is 5.92. The summed E-state index contributed by atoms with van der Waals surface area (Å²) in [5.41, 5.74) is 0.511. The zero-order valence-corrected chi connectivity index (χ0v) is 11.8. The van der Waals surface area contributed by atoms with E-state index in [1.807, 2.05) is 11.8 Å². The van der Waals surface area contributed by atoms with Crippen molar-refractivity contribution in [2.24, 2.45) is 0 Å². The van der Waals surface area contributed by atoms with E-state index in [9.17, 15) is 4.79 Å². The van der Waals surface area contributed by atoms with Crippen LogP contribution >= 0.6 is 23.4 Å². The molecule has 1 aliphatic rings. The van der Waals surface area contributed by atoms with Crippen LogP contribution in [0.3, 0.4) is 0 Å². The number of aromatic nitrogens is 1. The van der Waals surface area contributed by atoms with Crippen molar-refractivity contribution in [3.05, 3.63) is 22.8 Å². The Morgan fingerprint density at radius 3 is 2.83 bits per heavy atom. The van der Waals surface area contributed by atoms with Crippen LogP contribution in [0.25, 0.3) is 0 Å². The molecule has 1 saturated heterocycles. The molecule has 1 amide bonds. The minimum atomic E-state index is -0.0936. The van der Waals surface area contributed by atoms with E-state index in [-0.39, 0.29) is 11.9 Å². The topological polar surface area (TPSA) is 54.0 Å². The standard InChI is InChI=1S/C12H16ClN3OS/c1-14-11-10(13)6-8(7-15-11)12(17)16-9-2-4-18-5-3-9/h6-7,9H,2-5H2,1H3,(H,14,15)(H,16,17). The van der Waals surface area contributed by atoms with Gasteiger partial charge in [0.25, 0.3) is 5.91 Å². The zero-order valence-electron chi connectivity index (χ0n) is 10.2. The van der Waals surface area contributed by atoms with E-state index in [1.54, 1.807) is 19.3 Å². The number of hydrogen-bond acceptors (Lipinski definition) is 4. The molecule has 0 bridgehead atoms. The average molecular weight is 286 g/mol. The Morgan fingerprint density at radius 2 is 2.22 bits per heavy atom. The quantitative estimate of drug-likeness (QED) is 0.895. The summed E-state index contributed by atoms with van der Waals surface area (Å²) in [6.45, 7) is 0. The van der Waals surface area contributed by atoms with Gasteiger partial charge in [-0.05, 0) is 30.4 Å². The monoisotopic (exact) mass is 285 g/mol. The second-order valence-corrected chi connectivity index (χ2v) is 5.80. The summed E-state index contributed by atoms with van der Waals surface area (Å²) in [7, 11) is 1.74. The third kappa shape index (κ3) is 3.29. The van der Waals surface area contributed by atoms with Gasteiger partial charge in [0.2, 0.25) is 0 Å². The Bertz CT molecular complexity index is 435. The molecule has 1 aromatic heterocycles. The Kier molecular flexibility index (Phi) is 4.72. The first-order valence-corrected chi connectivity index (χ1v) is 7.46. The van der Waals surface area contributed by atoms with Crippen LogP contribution in [0.15, 0.2) is 12.3 Å². The highest BCUT2D eigenvalue weighted by atomic mass is 35.5. The number of halogens is 1. The maximum atomic E-state index is 12.0. The highest BCUT2D eigenvalue weighted by Crippen LogP contribution is 2.20. The van der Waals surface area contributed by atoms with Crippen molar-refractivity contribution >= 4 is 35.1 Å². The van der Waals surface area contributed by atoms with E-state index in [2.05, 4.69) is 15.6 Å². The van der Waals surface area contributed by atoms with Gasteiger partial charge < -0.3 is 10.6 Å². The molecule has 4 nitrogen and oxygen atoms in total. The van der Waals surface area contributed by atoms with Crippen molar-refractivity contribution in [3.8, 4) is 0 Å². The van der Waals surface area contributed by atoms with Crippen LogP contribution in [0.5, 0.6) is 0 Å². The summed E-state index contributed by atoms with van der Waals surface area (Å²) in [4.78, 5) is 16.1. The van der Waals surface area contributed by atoms with Gasteiger partial charge in [0.15, 0.2) is 0 Å². The fourth-order valence-corrected chi connectivity index (χ4v) is 3.22. The van der Waals surface area contributed by atoms with Crippen LogP contribution in [0.2, 0.25) is 5.02 Å². The van der Waals surface area contributed by atoms with Crippen LogP contribution < -0.4 is 10.6 Å². The Hall–Kier alpha value is -0.940. The van der Waals surface area contributed by atoms with E-state index >= 15 is 0 Å². The van der Waals surface area contributed by atoms with Crippen LogP contribution in [-0.2, 0) is 0 Å². The normalized spacial score (nSPS) is 16.3. The van der Waals surface area contributed by atoms with Gasteiger partial charge in [0, 0.05) is 19.3 Å². The fourth-order valence-electron chi connectivity index (χ4n) is 1.86. The van der Waals surface area contributed by atoms with Crippen LogP contribution in [0, 0.1) is 0 Å². The predicted molar refractivity (Wildman–Crippen MR) is 76.6 cm³/mol. The molecule has 2 heterocycles. The molecule has 2 N–H and O–H groups in total. The van der Waals surface area contributed by atoms with Gasteiger partial charge in [-0.15, -0.1) is 0 Å². The molecule has 0 atom stereocenters. The van der Waals surface area contributed by atoms with Crippen LogP contribution in [-0.4, -0.2) is 35.5 Å². The average Bonchev–Trinajstić information content (AvgIpc) is 2.39. The van der Waals surface area contributed by atoms with Crippen molar-refractivity contribution in [2.45, 2.75) is 18.9 Å². The fraction of sp³-hybridized carbons (Fsp3) is 0.500. The summed E-state index contributed by atoms with van der Waals surface area (Å²) < 4.78 is 0. The van der Waals surface area contributed by atoms with E-state index in [0.29, 0.717) is 16.4 Å². The third-order valence-electron chi connectivity index (χ3n) is 2.90. The van der Waals surface area contributed by atoms with Gasteiger partial charge in [-0.1, -0.05) is 11.6 Å². The van der Waals surface area contributed by atoms with Crippen LogP contribution in [0.1, 0.15) is 23.2 Å². The van der Waals surface area contributed by atoms with Crippen molar-refractivity contribution in [3.63, 3.8) is 0 Å². The molecule has 1 aliphatic heterocycles. The number of rotatable bonds is 3. The van der Waals surface area contributed by atoms with Gasteiger partial charge in [0.1, 0.15) is 5.82 Å². The first-order chi connectivity index (χ1) is 8.70. The summed E-state index contributed by atoms with van der Waals surface area (Å²) in [6, 6.07) is 1.93. The number of pyridine rings is 1. The number of thioether (sulfide) groups is 1. The van der Waals surface area contributed by atoms with Gasteiger partial charge in [-0.2, -0.15) is 11.8 Å². The Labute approximate surface area is 116 Å². The summed E-state index contributed by atoms with van der Waals surface area (Å²) in [5.74, 6) is 2.72. The number of carbonyl (C=O) groups excluding carboxylic acids is 1. The van der Waals surface area contributed by atoms with Gasteiger partial charge in [-0.25, -0.2) is 4.98 Å². The van der Waals surface area contributed by atoms with Gasteiger partial charge >= 0.3 is 0 Å². The number of nitrogens with zero attached hydrogens (tertiary/aromatic N) is 1. The molecule has 0 radical (unpaired) electrons. The summed E-state index contributed by atoms with van der Waals surface area (Å²) >= 11 is 7.94. The van der Waals surface area contributed by atoms with Crippen molar-refractivity contribution in [1.82, 2.24) is 10.3 Å². The molecule has 2 rings (SSSR count). The number of nitrogens with one attached hydrogen (secondary N) is 2. The molecule has 1 fully saturated rings. The SMILES string of the molecule is CNc1ncc(C(=O)NC2CCSCC2)cc1Cl. The lowest BCUT2D eigenvalue weighted by molar-refractivity contribution is 0.0934. The number of hydrogen-bond donors (Lipinski definition) is 2. The van der Waals surface area contributed by atoms with Crippen molar-refractivity contribution < 1.29 is 4.79 Å². The highest BCUT2D eigenvalue weighted by Gasteiger charge is 2.17. The maximum absolute atomic E-state index is 12.0. The van der Waals surface area contributed by atoms with E-state index < -0.39 is 0 Å². The van der Waals surface area contributed by atoms with Crippen LogP contribution in [0.4, 0.5) is 5.82 Å². The van der Waals surface area contributed by atoms with E-state index in [0.717, 1.165) is 24.3 Å². The molecule has 98 valence electrons. The minimum Gasteiger partial charge on any atom is -0.372 e. The predicted octanol–water partition coefficient (Wildman–Crippen LogP) is 2.40. The number of carbonyl (C=O) groups is 1. The molecule has 0 aromatic carbocycles. The Morgan fingerprint density at radius 1 is 1.50 bits per heavy atom. The van der Waals surface area contributed by atoms with Crippen molar-refractivity contribution in [2.75, 3.05) is 23.9 Å². The highest BCUT2D eigenvalue weighted by molar-refractivity contribution is 7.99. The minimum absolute atomic E-state index is 0.0936. The smallest absolute Gasteiger partial charge is 0.253 e. The van der Waals surface area contributed by atoms with Gasteiger partial charge in [0.05, 0.1) is 10.6 Å². The molecule has 0 saturated carbocycles. The van der Waals surface area contributed by atoms with E-state index in [1.165, 1.54) is 0 Å². The molecule has 1 aromatic rings. The first kappa shape index (κ1) is 13.5. The lowest BCUT2D eigenvalue weighted by Crippen LogP contribution is -2.37. The second kappa shape index (κ2) is 6.29. The van der Waals surface area contributed by atoms with E-state index in [4.69, 9.17) is 11.6 Å². The third-order valence-corrected chi connectivity index (χ3v) is 4.23. The maximum Gasteiger partial charge on any atom is 0.253 e. The lowest BCUT2D eigenvalue weighted by atomic mass is 10.1. The Balaban J connectivity index is 2.01. The molecular weight excluding hydrogens is 270 g/mol. The molecule has 6 heteroatoms. The summed E-state index contributed by atoms with van der Waals surface area (Å²) in [5, 5.41) is 6.36. The number of amides is 1. The molecule has 0 unspecified atom stereocenters.